The molecule has 1 heterocycles. The molecule has 19 heavy (non-hydrogen) atoms. The number of hydrogen-bond donors (Lipinski definition) is 2. The highest BCUT2D eigenvalue weighted by Gasteiger charge is 2.12. The summed E-state index contributed by atoms with van der Waals surface area (Å²) in [6.45, 7) is 1.70. The van der Waals surface area contributed by atoms with Crippen molar-refractivity contribution in [3.8, 4) is 0 Å². The molecular formula is C13H13N3O3. The minimum Gasteiger partial charge on any atom is -0.478 e. The summed E-state index contributed by atoms with van der Waals surface area (Å²) >= 11 is 0. The van der Waals surface area contributed by atoms with E-state index in [9.17, 15) is 9.59 Å². The monoisotopic (exact) mass is 259 g/mol. The van der Waals surface area contributed by atoms with Crippen LogP contribution in [0.1, 0.15) is 26.4 Å². The molecule has 2 aromatic rings. The Morgan fingerprint density at radius 1 is 1.32 bits per heavy atom. The molecular weight excluding hydrogens is 246 g/mol. The first kappa shape index (κ1) is 12.8. The highest BCUT2D eigenvalue weighted by molar-refractivity contribution is 6.03. The molecule has 1 aromatic heterocycles. The molecule has 6 heteroatoms. The molecule has 98 valence electrons. The number of hydrogen-bond acceptors (Lipinski definition) is 3. The van der Waals surface area contributed by atoms with Crippen LogP contribution in [0.25, 0.3) is 0 Å². The normalized spacial score (nSPS) is 10.2. The van der Waals surface area contributed by atoms with Gasteiger partial charge in [0.25, 0.3) is 5.91 Å². The Balaban J connectivity index is 2.22. The van der Waals surface area contributed by atoms with E-state index in [1.165, 1.54) is 10.7 Å². The van der Waals surface area contributed by atoms with E-state index in [0.29, 0.717) is 11.3 Å². The number of benzene rings is 1. The van der Waals surface area contributed by atoms with Gasteiger partial charge in [-0.25, -0.2) is 4.79 Å². The van der Waals surface area contributed by atoms with E-state index in [0.717, 1.165) is 0 Å². The Labute approximate surface area is 109 Å². The number of carboxylic acids is 1. The second-order valence-corrected chi connectivity index (χ2v) is 4.16. The van der Waals surface area contributed by atoms with Crippen molar-refractivity contribution in [2.45, 2.75) is 6.92 Å². The van der Waals surface area contributed by atoms with Crippen molar-refractivity contribution in [3.63, 3.8) is 0 Å². The first-order valence-corrected chi connectivity index (χ1v) is 5.62. The number of carboxylic acid groups (broad SMARTS) is 1. The van der Waals surface area contributed by atoms with Crippen LogP contribution >= 0.6 is 0 Å². The Morgan fingerprint density at radius 2 is 2.05 bits per heavy atom. The molecule has 0 unspecified atom stereocenters. The van der Waals surface area contributed by atoms with Crippen molar-refractivity contribution in [2.24, 2.45) is 7.05 Å². The molecule has 2 N–H and O–H groups in total. The maximum absolute atomic E-state index is 11.9. The van der Waals surface area contributed by atoms with E-state index in [-0.39, 0.29) is 17.2 Å². The molecule has 0 fully saturated rings. The van der Waals surface area contributed by atoms with Crippen molar-refractivity contribution in [3.05, 3.63) is 47.3 Å². The van der Waals surface area contributed by atoms with E-state index in [4.69, 9.17) is 5.11 Å². The van der Waals surface area contributed by atoms with E-state index in [1.54, 1.807) is 38.4 Å². The molecule has 0 bridgehead atoms. The smallest absolute Gasteiger partial charge is 0.336 e. The van der Waals surface area contributed by atoms with Gasteiger partial charge in [-0.1, -0.05) is 6.07 Å². The van der Waals surface area contributed by atoms with Crippen LogP contribution in [0.15, 0.2) is 30.5 Å². The molecule has 0 saturated carbocycles. The number of aromatic carboxylic acids is 1. The topological polar surface area (TPSA) is 84.2 Å². The number of aryl methyl sites for hydroxylation is 2. The van der Waals surface area contributed by atoms with Gasteiger partial charge < -0.3 is 10.4 Å². The summed E-state index contributed by atoms with van der Waals surface area (Å²) in [5.41, 5.74) is 1.51. The highest BCUT2D eigenvalue weighted by Crippen LogP contribution is 2.16. The van der Waals surface area contributed by atoms with Crippen molar-refractivity contribution in [1.82, 2.24) is 9.78 Å². The van der Waals surface area contributed by atoms with E-state index in [1.807, 2.05) is 0 Å². The second-order valence-electron chi connectivity index (χ2n) is 4.16. The zero-order valence-electron chi connectivity index (χ0n) is 10.5. The second kappa shape index (κ2) is 4.93. The number of rotatable bonds is 3. The third kappa shape index (κ3) is 2.79. The van der Waals surface area contributed by atoms with Gasteiger partial charge in [0.1, 0.15) is 0 Å². The molecule has 1 aromatic carbocycles. The summed E-state index contributed by atoms with van der Waals surface area (Å²) in [7, 11) is 1.71. The summed E-state index contributed by atoms with van der Waals surface area (Å²) in [5, 5.41) is 15.6. The molecule has 1 amide bonds. The lowest BCUT2D eigenvalue weighted by molar-refractivity contribution is 0.0695. The van der Waals surface area contributed by atoms with Gasteiger partial charge in [-0.15, -0.1) is 0 Å². The molecule has 0 spiro atoms. The molecule has 2 rings (SSSR count). The molecule has 0 atom stereocenters. The van der Waals surface area contributed by atoms with E-state index in [2.05, 4.69) is 10.4 Å². The summed E-state index contributed by atoms with van der Waals surface area (Å²) in [5.74, 6) is -1.40. The van der Waals surface area contributed by atoms with Gasteiger partial charge >= 0.3 is 5.97 Å². The molecule has 0 aliphatic rings. The van der Waals surface area contributed by atoms with Gasteiger partial charge in [-0.3, -0.25) is 9.48 Å². The maximum Gasteiger partial charge on any atom is 0.336 e. The number of anilines is 1. The lowest BCUT2D eigenvalue weighted by atomic mass is 10.1. The molecule has 0 aliphatic heterocycles. The Kier molecular flexibility index (Phi) is 3.33. The average molecular weight is 259 g/mol. The van der Waals surface area contributed by atoms with Crippen LogP contribution < -0.4 is 5.32 Å². The van der Waals surface area contributed by atoms with Crippen LogP contribution in [0.2, 0.25) is 0 Å². The van der Waals surface area contributed by atoms with Gasteiger partial charge in [0.15, 0.2) is 5.69 Å². The Morgan fingerprint density at radius 3 is 2.63 bits per heavy atom. The molecule has 0 aliphatic carbocycles. The fraction of sp³-hybridized carbons (Fsp3) is 0.154. The minimum absolute atomic E-state index is 0.166. The predicted octanol–water partition coefficient (Wildman–Crippen LogP) is 1.68. The first-order valence-electron chi connectivity index (χ1n) is 5.62. The van der Waals surface area contributed by atoms with Crippen LogP contribution in [0.3, 0.4) is 0 Å². The molecule has 6 nitrogen and oxygen atoms in total. The number of amides is 1. The van der Waals surface area contributed by atoms with Crippen molar-refractivity contribution in [2.75, 3.05) is 5.32 Å². The van der Waals surface area contributed by atoms with E-state index < -0.39 is 5.97 Å². The number of carbonyl (C=O) groups is 2. The van der Waals surface area contributed by atoms with Crippen LogP contribution in [0.4, 0.5) is 5.69 Å². The lowest BCUT2D eigenvalue weighted by Gasteiger charge is -2.06. The minimum atomic E-state index is -1.02. The fourth-order valence-corrected chi connectivity index (χ4v) is 1.66. The fourth-order valence-electron chi connectivity index (χ4n) is 1.66. The van der Waals surface area contributed by atoms with Crippen LogP contribution in [-0.2, 0) is 7.05 Å². The van der Waals surface area contributed by atoms with Gasteiger partial charge in [0, 0.05) is 18.9 Å². The third-order valence-corrected chi connectivity index (χ3v) is 2.67. The number of carbonyl (C=O) groups excluding carboxylic acids is 1. The standard InChI is InChI=1S/C13H13N3O3/c1-8-3-4-9(7-10(8)13(18)19)14-12(17)11-5-6-16(2)15-11/h3-7H,1-2H3,(H,14,17)(H,18,19). The summed E-state index contributed by atoms with van der Waals surface area (Å²) in [4.78, 5) is 22.9. The highest BCUT2D eigenvalue weighted by atomic mass is 16.4. The number of aromatic nitrogens is 2. The van der Waals surface area contributed by atoms with Gasteiger partial charge in [0.05, 0.1) is 5.56 Å². The molecule has 0 radical (unpaired) electrons. The van der Waals surface area contributed by atoms with Gasteiger partial charge in [-0.2, -0.15) is 5.10 Å². The van der Waals surface area contributed by atoms with Crippen LogP contribution in [-0.4, -0.2) is 26.8 Å². The van der Waals surface area contributed by atoms with Crippen molar-refractivity contribution >= 4 is 17.6 Å². The summed E-state index contributed by atoms with van der Waals surface area (Å²) < 4.78 is 1.52. The number of nitrogens with zero attached hydrogens (tertiary/aromatic N) is 2. The number of nitrogens with one attached hydrogen (secondary N) is 1. The van der Waals surface area contributed by atoms with Gasteiger partial charge in [0.2, 0.25) is 0 Å². The summed E-state index contributed by atoms with van der Waals surface area (Å²) in [6.07, 6.45) is 1.66. The largest absolute Gasteiger partial charge is 0.478 e. The maximum atomic E-state index is 11.9. The Bertz CT molecular complexity index is 646. The Hall–Kier alpha value is -2.63. The van der Waals surface area contributed by atoms with E-state index >= 15 is 0 Å². The molecule has 0 saturated heterocycles. The van der Waals surface area contributed by atoms with Crippen LogP contribution in [0.5, 0.6) is 0 Å². The first-order chi connectivity index (χ1) is 8.97. The lowest BCUT2D eigenvalue weighted by Crippen LogP contribution is -2.13. The zero-order valence-corrected chi connectivity index (χ0v) is 10.5. The zero-order chi connectivity index (χ0) is 14.0. The van der Waals surface area contributed by atoms with Gasteiger partial charge in [-0.05, 0) is 30.7 Å². The van der Waals surface area contributed by atoms with Crippen molar-refractivity contribution < 1.29 is 14.7 Å². The summed E-state index contributed by atoms with van der Waals surface area (Å²) in [6, 6.07) is 6.32. The van der Waals surface area contributed by atoms with Crippen molar-refractivity contribution in [1.29, 1.82) is 0 Å². The van der Waals surface area contributed by atoms with Crippen LogP contribution in [0, 0.1) is 6.92 Å². The third-order valence-electron chi connectivity index (χ3n) is 2.67. The SMILES string of the molecule is Cc1ccc(NC(=O)c2ccn(C)n2)cc1C(=O)O. The quantitative estimate of drug-likeness (QED) is 0.878. The average Bonchev–Trinajstić information content (AvgIpc) is 2.78. The predicted molar refractivity (Wildman–Crippen MR) is 69.3 cm³/mol.